The molecule has 0 bridgehead atoms. The zero-order chi connectivity index (χ0) is 8.43. The van der Waals surface area contributed by atoms with Crippen LogP contribution in [0, 0.1) is 5.92 Å². The third-order valence-electron chi connectivity index (χ3n) is 1.62. The van der Waals surface area contributed by atoms with Gasteiger partial charge in [0.05, 0.1) is 0 Å². The molecule has 0 aromatic heterocycles. The predicted molar refractivity (Wildman–Crippen MR) is 41.4 cm³/mol. The maximum absolute atomic E-state index is 11.0. The summed E-state index contributed by atoms with van der Waals surface area (Å²) in [5.41, 5.74) is 1.45. The molecule has 0 saturated heterocycles. The zero-order valence-electron chi connectivity index (χ0n) is 6.50. The van der Waals surface area contributed by atoms with Crippen LogP contribution in [0.5, 0.6) is 0 Å². The van der Waals surface area contributed by atoms with Crippen molar-refractivity contribution in [3.8, 4) is 0 Å². The predicted octanol–water partition coefficient (Wildman–Crippen LogP) is 0.749. The van der Waals surface area contributed by atoms with Crippen LogP contribution in [0.3, 0.4) is 0 Å². The second kappa shape index (κ2) is 2.78. The molecule has 0 fully saturated rings. The normalized spacial score (nSPS) is 24.2. The molecule has 3 nitrogen and oxygen atoms in total. The van der Waals surface area contributed by atoms with E-state index in [1.807, 2.05) is 0 Å². The second-order valence-electron chi connectivity index (χ2n) is 2.59. The third-order valence-corrected chi connectivity index (χ3v) is 1.62. The Bertz CT molecular complexity index is 263. The highest BCUT2D eigenvalue weighted by atomic mass is 16.2. The maximum atomic E-state index is 11.0. The lowest BCUT2D eigenvalue weighted by Gasteiger charge is -2.11. The summed E-state index contributed by atoms with van der Waals surface area (Å²) in [6, 6.07) is 0. The van der Waals surface area contributed by atoms with Crippen LogP contribution < -0.4 is 0 Å². The average molecular weight is 151 g/mol. The molecule has 0 spiro atoms. The van der Waals surface area contributed by atoms with Gasteiger partial charge in [-0.05, 0) is 19.9 Å². The van der Waals surface area contributed by atoms with Crippen molar-refractivity contribution < 1.29 is 9.59 Å². The van der Waals surface area contributed by atoms with Crippen molar-refractivity contribution in [3.63, 3.8) is 0 Å². The van der Waals surface area contributed by atoms with Crippen molar-refractivity contribution in [2.75, 3.05) is 0 Å². The van der Waals surface area contributed by atoms with Gasteiger partial charge in [-0.3, -0.25) is 4.79 Å². The highest BCUT2D eigenvalue weighted by Crippen LogP contribution is 2.14. The quantitative estimate of drug-likeness (QED) is 0.410. The summed E-state index contributed by atoms with van der Waals surface area (Å²) in [4.78, 5) is 25.0. The molecule has 1 atom stereocenters. The van der Waals surface area contributed by atoms with E-state index in [2.05, 4.69) is 4.99 Å². The number of rotatable bonds is 1. The molecule has 1 heterocycles. The molecule has 0 aromatic carbocycles. The molecule has 1 rings (SSSR count). The molecule has 1 amide bonds. The molecule has 1 aliphatic heterocycles. The van der Waals surface area contributed by atoms with Crippen molar-refractivity contribution in [2.45, 2.75) is 13.8 Å². The van der Waals surface area contributed by atoms with Crippen LogP contribution in [0.1, 0.15) is 13.8 Å². The average Bonchev–Trinajstić information content (AvgIpc) is 1.85. The minimum atomic E-state index is -0.640. The van der Waals surface area contributed by atoms with Crippen LogP contribution in [0.25, 0.3) is 0 Å². The molecule has 0 radical (unpaired) electrons. The molecule has 0 saturated carbocycles. The summed E-state index contributed by atoms with van der Waals surface area (Å²) in [6.07, 6.45) is 2.38. The lowest BCUT2D eigenvalue weighted by Crippen LogP contribution is -2.20. The topological polar surface area (TPSA) is 46.5 Å². The zero-order valence-corrected chi connectivity index (χ0v) is 6.50. The Kier molecular flexibility index (Phi) is 1.98. The summed E-state index contributed by atoms with van der Waals surface area (Å²) >= 11 is 0. The number of aldehydes is 1. The Hall–Kier alpha value is -1.25. The molecular formula is C8H9NO2. The van der Waals surface area contributed by atoms with Gasteiger partial charge < -0.3 is 4.79 Å². The molecule has 58 valence electrons. The summed E-state index contributed by atoms with van der Waals surface area (Å²) in [6.45, 7) is 3.50. The lowest BCUT2D eigenvalue weighted by atomic mass is 9.98. The van der Waals surface area contributed by atoms with E-state index in [1.165, 1.54) is 0 Å². The van der Waals surface area contributed by atoms with Gasteiger partial charge in [-0.25, -0.2) is 4.99 Å². The van der Waals surface area contributed by atoms with E-state index >= 15 is 0 Å². The van der Waals surface area contributed by atoms with E-state index in [9.17, 15) is 9.59 Å². The van der Waals surface area contributed by atoms with Crippen LogP contribution in [-0.2, 0) is 9.59 Å². The second-order valence-corrected chi connectivity index (χ2v) is 2.59. The monoisotopic (exact) mass is 151 g/mol. The Labute approximate surface area is 64.8 Å². The van der Waals surface area contributed by atoms with E-state index in [0.29, 0.717) is 12.0 Å². The minimum absolute atomic E-state index is 0.350. The van der Waals surface area contributed by atoms with Crippen molar-refractivity contribution in [3.05, 3.63) is 11.6 Å². The SMILES string of the molecule is CC1=CC(C)=NC(=O)C1C=O. The number of allylic oxidation sites excluding steroid dienone is 1. The smallest absolute Gasteiger partial charge is 0.260 e. The fraction of sp³-hybridized carbons (Fsp3) is 0.375. The van der Waals surface area contributed by atoms with Gasteiger partial charge in [-0.1, -0.05) is 5.57 Å². The first kappa shape index (κ1) is 7.85. The van der Waals surface area contributed by atoms with E-state index in [-0.39, 0.29) is 5.91 Å². The number of amides is 1. The first-order chi connectivity index (χ1) is 5.15. The first-order valence-electron chi connectivity index (χ1n) is 3.38. The molecule has 1 aliphatic rings. The van der Waals surface area contributed by atoms with E-state index < -0.39 is 5.92 Å². The molecule has 0 aliphatic carbocycles. The summed E-state index contributed by atoms with van der Waals surface area (Å²) in [5, 5.41) is 0. The molecule has 3 heteroatoms. The minimum Gasteiger partial charge on any atom is -0.302 e. The molecule has 11 heavy (non-hydrogen) atoms. The van der Waals surface area contributed by atoms with Gasteiger partial charge in [-0.15, -0.1) is 0 Å². The van der Waals surface area contributed by atoms with Gasteiger partial charge >= 0.3 is 0 Å². The van der Waals surface area contributed by atoms with Crippen molar-refractivity contribution in [2.24, 2.45) is 10.9 Å². The van der Waals surface area contributed by atoms with Gasteiger partial charge in [0.1, 0.15) is 12.2 Å². The maximum Gasteiger partial charge on any atom is 0.260 e. The highest BCUT2D eigenvalue weighted by Gasteiger charge is 2.21. The third kappa shape index (κ3) is 1.42. The van der Waals surface area contributed by atoms with Crippen LogP contribution in [0.4, 0.5) is 0 Å². The standard InChI is InChI=1S/C8H9NO2/c1-5-3-6(2)9-8(11)7(5)4-10/h3-4,7H,1-2H3. The van der Waals surface area contributed by atoms with Crippen LogP contribution >= 0.6 is 0 Å². The number of dihydropyridines is 1. The van der Waals surface area contributed by atoms with Gasteiger partial charge in [-0.2, -0.15) is 0 Å². The molecular weight excluding hydrogens is 142 g/mol. The van der Waals surface area contributed by atoms with Gasteiger partial charge in [0.15, 0.2) is 0 Å². The van der Waals surface area contributed by atoms with E-state index in [4.69, 9.17) is 0 Å². The van der Waals surface area contributed by atoms with Crippen LogP contribution in [0.2, 0.25) is 0 Å². The van der Waals surface area contributed by atoms with Gasteiger partial charge in [0.25, 0.3) is 5.91 Å². The molecule has 0 aromatic rings. The molecule has 1 unspecified atom stereocenters. The van der Waals surface area contributed by atoms with Crippen molar-refractivity contribution >= 4 is 17.9 Å². The number of carbonyl (C=O) groups excluding carboxylic acids is 2. The summed E-state index contributed by atoms with van der Waals surface area (Å²) in [7, 11) is 0. The Balaban J connectivity index is 2.99. The first-order valence-corrected chi connectivity index (χ1v) is 3.38. The lowest BCUT2D eigenvalue weighted by molar-refractivity contribution is -0.124. The fourth-order valence-electron chi connectivity index (χ4n) is 1.06. The number of carbonyl (C=O) groups is 2. The molecule has 0 N–H and O–H groups in total. The number of aliphatic imine (C=N–C) groups is 1. The van der Waals surface area contributed by atoms with Gasteiger partial charge in [0.2, 0.25) is 0 Å². The summed E-state index contributed by atoms with van der Waals surface area (Å²) in [5.74, 6) is -0.990. The Morgan fingerprint density at radius 1 is 1.55 bits per heavy atom. The van der Waals surface area contributed by atoms with Crippen LogP contribution in [-0.4, -0.2) is 17.9 Å². The van der Waals surface area contributed by atoms with Crippen molar-refractivity contribution in [1.82, 2.24) is 0 Å². The largest absolute Gasteiger partial charge is 0.302 e. The summed E-state index contributed by atoms with van der Waals surface area (Å²) < 4.78 is 0. The van der Waals surface area contributed by atoms with E-state index in [0.717, 1.165) is 5.57 Å². The van der Waals surface area contributed by atoms with Gasteiger partial charge in [0, 0.05) is 5.71 Å². The van der Waals surface area contributed by atoms with Crippen LogP contribution in [0.15, 0.2) is 16.6 Å². The van der Waals surface area contributed by atoms with Crippen molar-refractivity contribution in [1.29, 1.82) is 0 Å². The van der Waals surface area contributed by atoms with E-state index in [1.54, 1.807) is 19.9 Å². The highest BCUT2D eigenvalue weighted by molar-refractivity contribution is 6.09. The number of hydrogen-bond donors (Lipinski definition) is 0. The number of hydrogen-bond acceptors (Lipinski definition) is 2. The number of nitrogens with zero attached hydrogens (tertiary/aromatic N) is 1. The Morgan fingerprint density at radius 2 is 2.18 bits per heavy atom. The Morgan fingerprint density at radius 3 is 2.64 bits per heavy atom. The fourth-order valence-corrected chi connectivity index (χ4v) is 1.06.